The van der Waals surface area contributed by atoms with Gasteiger partial charge in [0.25, 0.3) is 0 Å². The zero-order valence-corrected chi connectivity index (χ0v) is 18.3. The van der Waals surface area contributed by atoms with Crippen molar-refractivity contribution in [3.8, 4) is 0 Å². The van der Waals surface area contributed by atoms with Crippen LogP contribution in [0.4, 0.5) is 0 Å². The van der Waals surface area contributed by atoms with Crippen molar-refractivity contribution in [2.24, 2.45) is 16.3 Å². The van der Waals surface area contributed by atoms with Crippen molar-refractivity contribution in [3.05, 3.63) is 0 Å². The number of hydrogen-bond acceptors (Lipinski definition) is 3. The normalized spacial score (nSPS) is 22.8. The van der Waals surface area contributed by atoms with E-state index in [1.807, 2.05) is 0 Å². The Balaban J connectivity index is 0.00000288. The van der Waals surface area contributed by atoms with Gasteiger partial charge in [0.1, 0.15) is 0 Å². The highest BCUT2D eigenvalue weighted by atomic mass is 127. The minimum atomic E-state index is -3.00. The zero-order chi connectivity index (χ0) is 16.9. The van der Waals surface area contributed by atoms with Gasteiger partial charge in [-0.1, -0.05) is 20.3 Å². The van der Waals surface area contributed by atoms with Gasteiger partial charge in [-0.2, -0.15) is 0 Å². The van der Waals surface area contributed by atoms with Gasteiger partial charge in [-0.25, -0.2) is 12.7 Å². The van der Waals surface area contributed by atoms with Crippen molar-refractivity contribution in [1.82, 2.24) is 14.9 Å². The third-order valence-corrected chi connectivity index (χ3v) is 6.92. The molecule has 1 heterocycles. The van der Waals surface area contributed by atoms with E-state index in [0.717, 1.165) is 18.9 Å². The Morgan fingerprint density at radius 2 is 1.96 bits per heavy atom. The smallest absolute Gasteiger partial charge is 0.214 e. The van der Waals surface area contributed by atoms with Gasteiger partial charge in [0.05, 0.1) is 5.75 Å². The van der Waals surface area contributed by atoms with E-state index in [9.17, 15) is 8.42 Å². The number of hydrogen-bond donors (Lipinski definition) is 2. The Kier molecular flexibility index (Phi) is 8.75. The van der Waals surface area contributed by atoms with Gasteiger partial charge in [0, 0.05) is 33.2 Å². The van der Waals surface area contributed by atoms with E-state index in [1.165, 1.54) is 25.7 Å². The molecule has 0 aromatic heterocycles. The summed E-state index contributed by atoms with van der Waals surface area (Å²) in [6, 6.07) is 0. The van der Waals surface area contributed by atoms with Crippen molar-refractivity contribution >= 4 is 40.0 Å². The molecule has 8 heteroatoms. The molecule has 142 valence electrons. The molecule has 0 atom stereocenters. The molecule has 2 fully saturated rings. The third-order valence-electron chi connectivity index (χ3n) is 4.97. The maximum Gasteiger partial charge on any atom is 0.214 e. The molecule has 0 spiro atoms. The second-order valence-corrected chi connectivity index (χ2v) is 9.46. The summed E-state index contributed by atoms with van der Waals surface area (Å²) in [6.07, 6.45) is 5.91. The molecule has 0 aromatic carbocycles. The van der Waals surface area contributed by atoms with Crippen LogP contribution in [0.2, 0.25) is 0 Å². The molecule has 1 saturated carbocycles. The lowest BCUT2D eigenvalue weighted by molar-refractivity contribution is 0.104. The largest absolute Gasteiger partial charge is 0.356 e. The number of aliphatic imine (C=N–C) groups is 1. The molecule has 2 aliphatic rings. The minimum absolute atomic E-state index is 0. The first-order valence-electron chi connectivity index (χ1n) is 8.79. The second kappa shape index (κ2) is 9.56. The van der Waals surface area contributed by atoms with Gasteiger partial charge in [0.2, 0.25) is 10.0 Å². The monoisotopic (exact) mass is 472 g/mol. The number of sulfonamides is 1. The van der Waals surface area contributed by atoms with Crippen LogP contribution in [-0.2, 0) is 10.0 Å². The summed E-state index contributed by atoms with van der Waals surface area (Å²) in [4.78, 5) is 4.26. The number of nitrogens with one attached hydrogen (secondary N) is 2. The van der Waals surface area contributed by atoms with E-state index in [0.29, 0.717) is 31.0 Å². The van der Waals surface area contributed by atoms with Crippen molar-refractivity contribution in [1.29, 1.82) is 0 Å². The van der Waals surface area contributed by atoms with Crippen LogP contribution in [0, 0.1) is 11.3 Å². The fraction of sp³-hybridized carbons (Fsp3) is 0.938. The summed E-state index contributed by atoms with van der Waals surface area (Å²) in [5.41, 5.74) is 0.421. The standard InChI is InChI=1S/C16H32N4O2S.HI/c1-14(2)12-16(6-4-7-16)13-19-15(17-3)18-8-10-20-9-5-11-23(20,21)22;/h14H,4-13H2,1-3H3,(H2,17,18,19);1H. The van der Waals surface area contributed by atoms with Crippen molar-refractivity contribution in [2.75, 3.05) is 39.0 Å². The fourth-order valence-corrected chi connectivity index (χ4v) is 5.26. The van der Waals surface area contributed by atoms with Crippen LogP contribution in [0.1, 0.15) is 46.0 Å². The van der Waals surface area contributed by atoms with Gasteiger partial charge >= 0.3 is 0 Å². The second-order valence-electron chi connectivity index (χ2n) is 7.37. The van der Waals surface area contributed by atoms with Crippen LogP contribution >= 0.6 is 24.0 Å². The summed E-state index contributed by atoms with van der Waals surface area (Å²) in [7, 11) is -1.24. The molecule has 0 aromatic rings. The molecule has 0 unspecified atom stereocenters. The van der Waals surface area contributed by atoms with Crippen molar-refractivity contribution in [2.45, 2.75) is 46.0 Å². The molecule has 2 rings (SSSR count). The van der Waals surface area contributed by atoms with Crippen LogP contribution in [0.3, 0.4) is 0 Å². The first-order valence-corrected chi connectivity index (χ1v) is 10.4. The van der Waals surface area contributed by atoms with Crippen LogP contribution in [0.25, 0.3) is 0 Å². The fourth-order valence-electron chi connectivity index (χ4n) is 3.73. The highest BCUT2D eigenvalue weighted by Gasteiger charge is 2.37. The van der Waals surface area contributed by atoms with Crippen LogP contribution in [-0.4, -0.2) is 57.7 Å². The Morgan fingerprint density at radius 1 is 1.25 bits per heavy atom. The topological polar surface area (TPSA) is 73.8 Å². The summed E-state index contributed by atoms with van der Waals surface area (Å²) in [5, 5.41) is 6.68. The molecule has 1 saturated heterocycles. The highest BCUT2D eigenvalue weighted by Crippen LogP contribution is 2.45. The van der Waals surface area contributed by atoms with E-state index in [2.05, 4.69) is 29.5 Å². The van der Waals surface area contributed by atoms with E-state index in [-0.39, 0.29) is 29.7 Å². The van der Waals surface area contributed by atoms with E-state index >= 15 is 0 Å². The zero-order valence-electron chi connectivity index (χ0n) is 15.2. The molecule has 6 nitrogen and oxygen atoms in total. The summed E-state index contributed by atoms with van der Waals surface area (Å²) >= 11 is 0. The lowest BCUT2D eigenvalue weighted by Gasteiger charge is -2.43. The number of guanidine groups is 1. The van der Waals surface area contributed by atoms with E-state index in [4.69, 9.17) is 0 Å². The van der Waals surface area contributed by atoms with Crippen LogP contribution in [0.15, 0.2) is 4.99 Å². The SMILES string of the molecule is CN=C(NCCN1CCCS1(=O)=O)NCC1(CC(C)C)CCC1.I. The molecular formula is C16H33IN4O2S. The quantitative estimate of drug-likeness (QED) is 0.338. The van der Waals surface area contributed by atoms with Crippen LogP contribution < -0.4 is 10.6 Å². The maximum absolute atomic E-state index is 11.8. The highest BCUT2D eigenvalue weighted by molar-refractivity contribution is 14.0. The first-order chi connectivity index (χ1) is 10.9. The van der Waals surface area contributed by atoms with Gasteiger partial charge < -0.3 is 10.6 Å². The summed E-state index contributed by atoms with van der Waals surface area (Å²) < 4.78 is 25.1. The van der Waals surface area contributed by atoms with Gasteiger partial charge in [-0.05, 0) is 37.0 Å². The van der Waals surface area contributed by atoms with Gasteiger partial charge in [-0.15, -0.1) is 24.0 Å². The van der Waals surface area contributed by atoms with E-state index < -0.39 is 10.0 Å². The average molecular weight is 472 g/mol. The number of halogens is 1. The predicted octanol–water partition coefficient (Wildman–Crippen LogP) is 2.02. The molecule has 1 aliphatic carbocycles. The Morgan fingerprint density at radius 3 is 2.42 bits per heavy atom. The minimum Gasteiger partial charge on any atom is -0.356 e. The van der Waals surface area contributed by atoms with E-state index in [1.54, 1.807) is 11.4 Å². The number of rotatable bonds is 7. The third kappa shape index (κ3) is 6.01. The summed E-state index contributed by atoms with van der Waals surface area (Å²) in [6.45, 7) is 7.27. The first kappa shape index (κ1) is 22.0. The number of nitrogens with zero attached hydrogens (tertiary/aromatic N) is 2. The molecule has 0 bridgehead atoms. The van der Waals surface area contributed by atoms with Crippen molar-refractivity contribution < 1.29 is 8.42 Å². The summed E-state index contributed by atoms with van der Waals surface area (Å²) in [5.74, 6) is 1.78. The molecular weight excluding hydrogens is 439 g/mol. The lowest BCUT2D eigenvalue weighted by atomic mass is 9.64. The lowest BCUT2D eigenvalue weighted by Crippen LogP contribution is -2.48. The Bertz CT molecular complexity index is 518. The molecule has 24 heavy (non-hydrogen) atoms. The van der Waals surface area contributed by atoms with Gasteiger partial charge in [0.15, 0.2) is 5.96 Å². The Hall–Kier alpha value is -0.0900. The van der Waals surface area contributed by atoms with Crippen molar-refractivity contribution in [3.63, 3.8) is 0 Å². The molecule has 2 N–H and O–H groups in total. The molecule has 0 radical (unpaired) electrons. The van der Waals surface area contributed by atoms with Crippen LogP contribution in [0.5, 0.6) is 0 Å². The molecule has 1 aliphatic heterocycles. The molecule has 0 amide bonds. The average Bonchev–Trinajstić information content (AvgIpc) is 2.78. The maximum atomic E-state index is 11.8. The Labute approximate surface area is 164 Å². The predicted molar refractivity (Wildman–Crippen MR) is 110 cm³/mol. The van der Waals surface area contributed by atoms with Gasteiger partial charge in [-0.3, -0.25) is 4.99 Å².